The van der Waals surface area contributed by atoms with Gasteiger partial charge in [-0.15, -0.1) is 0 Å². The molecule has 0 fully saturated rings. The molecule has 0 radical (unpaired) electrons. The van der Waals surface area contributed by atoms with E-state index in [9.17, 15) is 0 Å². The molecule has 0 saturated heterocycles. The lowest BCUT2D eigenvalue weighted by molar-refractivity contribution is 1.37. The minimum absolute atomic E-state index is 0.873. The lowest BCUT2D eigenvalue weighted by Gasteiger charge is -2.19. The monoisotopic (exact) mass is 1090 g/mol. The smallest absolute Gasteiger partial charge is 0.0978 e. The fraction of sp³-hybridized carbons (Fsp3) is 0. The third-order valence-corrected chi connectivity index (χ3v) is 17.8. The van der Waals surface area contributed by atoms with E-state index in [0.29, 0.717) is 0 Å². The predicted molar refractivity (Wildman–Crippen MR) is 366 cm³/mol. The van der Waals surface area contributed by atoms with Crippen molar-refractivity contribution in [2.45, 2.75) is 0 Å². The van der Waals surface area contributed by atoms with Crippen LogP contribution in [0.25, 0.3) is 176 Å². The molecule has 0 aliphatic carbocycles. The second-order valence-electron chi connectivity index (χ2n) is 22.7. The van der Waals surface area contributed by atoms with Crippen LogP contribution in [-0.2, 0) is 0 Å². The van der Waals surface area contributed by atoms with E-state index in [1.165, 1.54) is 92.6 Å². The molecule has 398 valence electrons. The molecule has 0 atom stereocenters. The first-order valence-electron chi connectivity index (χ1n) is 29.6. The Labute approximate surface area is 498 Å². The summed E-state index contributed by atoms with van der Waals surface area (Å²) in [5, 5.41) is 16.8. The minimum atomic E-state index is 0.873. The van der Waals surface area contributed by atoms with E-state index in [-0.39, 0.29) is 0 Å². The van der Waals surface area contributed by atoms with Crippen LogP contribution in [0.2, 0.25) is 0 Å². The van der Waals surface area contributed by atoms with Crippen LogP contribution in [0.3, 0.4) is 0 Å². The van der Waals surface area contributed by atoms with Gasteiger partial charge in [0.25, 0.3) is 0 Å². The fourth-order valence-corrected chi connectivity index (χ4v) is 13.6. The first kappa shape index (κ1) is 49.3. The third kappa shape index (κ3) is 8.33. The van der Waals surface area contributed by atoms with E-state index in [1.54, 1.807) is 0 Å². The number of nitrogens with zero attached hydrogens (tertiary/aromatic N) is 2. The first-order chi connectivity index (χ1) is 42.6. The fourth-order valence-electron chi connectivity index (χ4n) is 13.6. The molecule has 86 heavy (non-hydrogen) atoms. The number of fused-ring (bicyclic) bond motifs is 9. The van der Waals surface area contributed by atoms with Crippen molar-refractivity contribution in [1.82, 2.24) is 9.97 Å². The summed E-state index contributed by atoms with van der Waals surface area (Å²) in [6, 6.07) is 115. The van der Waals surface area contributed by atoms with Crippen LogP contribution >= 0.6 is 0 Å². The van der Waals surface area contributed by atoms with Crippen molar-refractivity contribution in [3.63, 3.8) is 0 Å². The highest BCUT2D eigenvalue weighted by molar-refractivity contribution is 6.24. The second-order valence-corrected chi connectivity index (χ2v) is 22.7. The average molecular weight is 1090 g/mol. The van der Waals surface area contributed by atoms with Crippen molar-refractivity contribution in [1.29, 1.82) is 0 Å². The summed E-state index contributed by atoms with van der Waals surface area (Å²) in [6.07, 6.45) is 0. The molecule has 2 heterocycles. The van der Waals surface area contributed by atoms with Crippen LogP contribution < -0.4 is 0 Å². The van der Waals surface area contributed by atoms with Crippen LogP contribution in [-0.4, -0.2) is 9.97 Å². The Morgan fingerprint density at radius 3 is 1.19 bits per heavy atom. The van der Waals surface area contributed by atoms with Gasteiger partial charge >= 0.3 is 0 Å². The molecule has 2 nitrogen and oxygen atoms in total. The van der Waals surface area contributed by atoms with Gasteiger partial charge in [0.1, 0.15) is 0 Å². The number of aromatic nitrogens is 2. The molecule has 17 rings (SSSR count). The molecule has 2 aromatic heterocycles. The van der Waals surface area contributed by atoms with Crippen molar-refractivity contribution < 1.29 is 0 Å². The molecule has 17 aromatic rings. The molecule has 2 heteroatoms. The van der Waals surface area contributed by atoms with E-state index in [2.05, 4.69) is 315 Å². The van der Waals surface area contributed by atoms with Crippen molar-refractivity contribution in [2.24, 2.45) is 0 Å². The zero-order chi connectivity index (χ0) is 56.7. The van der Waals surface area contributed by atoms with Gasteiger partial charge in [0, 0.05) is 21.9 Å². The summed E-state index contributed by atoms with van der Waals surface area (Å²) in [4.78, 5) is 11.3. The van der Waals surface area contributed by atoms with E-state index >= 15 is 0 Å². The van der Waals surface area contributed by atoms with E-state index in [4.69, 9.17) is 9.97 Å². The molecule has 15 aromatic carbocycles. The molecule has 0 saturated carbocycles. The van der Waals surface area contributed by atoms with Crippen molar-refractivity contribution in [2.75, 3.05) is 0 Å². The van der Waals surface area contributed by atoms with Crippen molar-refractivity contribution in [3.05, 3.63) is 315 Å². The summed E-state index contributed by atoms with van der Waals surface area (Å²) in [5.74, 6) is 0. The van der Waals surface area contributed by atoms with Crippen LogP contribution in [0.15, 0.2) is 315 Å². The standard InChI is InChI=1S/C84H52N2/c1-3-19-56(20-4-1)77-51-79(65-43-36-53-18-7-8-24-59(53)48-65)85-83-74(77)44-45-75-78(57-21-5-2-6-22-57)52-80(86-84(75)83)66-49-63-25-10-12-28-68(63)76(50-66)64-42-41-61-46-60(39-40-62(61)47-64)54-34-37-58(38-35-54)81-70-29-13-15-31-72(70)82(73-32-16-14-30-71(73)81)69-33-17-26-55-23-9-11-27-67(55)69/h1-52H. The van der Waals surface area contributed by atoms with E-state index in [0.717, 1.165) is 83.1 Å². The highest BCUT2D eigenvalue weighted by atomic mass is 14.8. The molecule has 0 aliphatic rings. The minimum Gasteiger partial charge on any atom is -0.245 e. The molecule has 0 N–H and O–H groups in total. The summed E-state index contributed by atoms with van der Waals surface area (Å²) in [5.41, 5.74) is 19.9. The Hall–Kier alpha value is -11.3. The number of rotatable bonds is 8. The Balaban J connectivity index is 0.769. The summed E-state index contributed by atoms with van der Waals surface area (Å²) >= 11 is 0. The number of pyridine rings is 2. The predicted octanol–water partition coefficient (Wildman–Crippen LogP) is 23.0. The van der Waals surface area contributed by atoms with Gasteiger partial charge in [-0.3, -0.25) is 0 Å². The highest BCUT2D eigenvalue weighted by Crippen LogP contribution is 2.47. The Bertz CT molecular complexity index is 5510. The first-order valence-corrected chi connectivity index (χ1v) is 29.6. The summed E-state index contributed by atoms with van der Waals surface area (Å²) in [6.45, 7) is 0. The van der Waals surface area contributed by atoms with Crippen LogP contribution in [0, 0.1) is 0 Å². The summed E-state index contributed by atoms with van der Waals surface area (Å²) in [7, 11) is 0. The third-order valence-electron chi connectivity index (χ3n) is 17.8. The molecule has 0 unspecified atom stereocenters. The van der Waals surface area contributed by atoms with Gasteiger partial charge in [-0.05, 0) is 174 Å². The van der Waals surface area contributed by atoms with Crippen LogP contribution in [0.5, 0.6) is 0 Å². The Morgan fingerprint density at radius 2 is 0.558 bits per heavy atom. The van der Waals surface area contributed by atoms with Crippen molar-refractivity contribution in [3.8, 4) is 89.3 Å². The van der Waals surface area contributed by atoms with E-state index < -0.39 is 0 Å². The molecule has 0 spiro atoms. The van der Waals surface area contributed by atoms with Crippen LogP contribution in [0.4, 0.5) is 0 Å². The zero-order valence-electron chi connectivity index (χ0n) is 46.9. The number of hydrogen-bond donors (Lipinski definition) is 0. The van der Waals surface area contributed by atoms with Gasteiger partial charge in [0.2, 0.25) is 0 Å². The maximum absolute atomic E-state index is 5.72. The molecule has 0 bridgehead atoms. The molecular formula is C84H52N2. The van der Waals surface area contributed by atoms with Crippen molar-refractivity contribution >= 4 is 86.4 Å². The maximum Gasteiger partial charge on any atom is 0.0978 e. The zero-order valence-corrected chi connectivity index (χ0v) is 46.9. The molecular weight excluding hydrogens is 1040 g/mol. The van der Waals surface area contributed by atoms with Gasteiger partial charge in [-0.25, -0.2) is 9.97 Å². The second kappa shape index (κ2) is 20.2. The number of benzene rings is 15. The summed E-state index contributed by atoms with van der Waals surface area (Å²) < 4.78 is 0. The highest BCUT2D eigenvalue weighted by Gasteiger charge is 2.21. The lowest BCUT2D eigenvalue weighted by atomic mass is 9.84. The Kier molecular flexibility index (Phi) is 11.6. The van der Waals surface area contributed by atoms with Crippen LogP contribution in [0.1, 0.15) is 0 Å². The topological polar surface area (TPSA) is 25.8 Å². The molecule has 0 aliphatic heterocycles. The maximum atomic E-state index is 5.72. The van der Waals surface area contributed by atoms with Gasteiger partial charge in [0.15, 0.2) is 0 Å². The quantitative estimate of drug-likeness (QED) is 0.112. The lowest BCUT2D eigenvalue weighted by Crippen LogP contribution is -1.96. The van der Waals surface area contributed by atoms with Gasteiger partial charge < -0.3 is 0 Å². The normalized spacial score (nSPS) is 11.7. The van der Waals surface area contributed by atoms with Gasteiger partial charge in [-0.2, -0.15) is 0 Å². The largest absolute Gasteiger partial charge is 0.245 e. The van der Waals surface area contributed by atoms with Gasteiger partial charge in [-0.1, -0.05) is 273 Å². The molecule has 0 amide bonds. The van der Waals surface area contributed by atoms with Gasteiger partial charge in [0.05, 0.1) is 22.4 Å². The van der Waals surface area contributed by atoms with E-state index in [1.807, 2.05) is 0 Å². The average Bonchev–Trinajstić information content (AvgIpc) is 1.44. The Morgan fingerprint density at radius 1 is 0.163 bits per heavy atom. The number of hydrogen-bond acceptors (Lipinski definition) is 2. The SMILES string of the molecule is c1ccc(-c2cc(-c3ccc4ccccc4c3)nc3c2ccc2c(-c4ccccc4)cc(-c4cc(-c5ccc6cc(-c7ccc(-c8c9ccccc9c(-c9cccc%10ccccc9%10)c9ccccc89)cc7)ccc6c5)c5ccccc5c4)nc23)cc1.